The predicted molar refractivity (Wildman–Crippen MR) is 161 cm³/mol. The van der Waals surface area contributed by atoms with Crippen molar-refractivity contribution >= 4 is 0 Å². The van der Waals surface area contributed by atoms with Crippen molar-refractivity contribution in [1.29, 1.82) is 0 Å². The lowest BCUT2D eigenvalue weighted by molar-refractivity contribution is 0.122. The van der Waals surface area contributed by atoms with Gasteiger partial charge in [-0.05, 0) is 44.5 Å². The van der Waals surface area contributed by atoms with E-state index in [9.17, 15) is 5.11 Å². The van der Waals surface area contributed by atoms with E-state index in [-0.39, 0.29) is 0 Å². The minimum absolute atomic E-state index is 0.814. The number of aliphatic hydroxyl groups excluding tert-OH is 1. The summed E-state index contributed by atoms with van der Waals surface area (Å²) in [5.74, 6) is 0. The average Bonchev–Trinajstić information content (AvgIpc) is 3.04. The van der Waals surface area contributed by atoms with E-state index < -0.39 is 11.5 Å². The molecule has 6 rings (SSSR count). The van der Waals surface area contributed by atoms with E-state index in [2.05, 4.69) is 121 Å². The number of hydrogen-bond acceptors (Lipinski definition) is 1. The maximum absolute atomic E-state index is 12.4. The molecule has 0 amide bonds. The van der Waals surface area contributed by atoms with Crippen molar-refractivity contribution in [1.82, 2.24) is 0 Å². The van der Waals surface area contributed by atoms with Crippen LogP contribution in [0.25, 0.3) is 22.3 Å². The summed E-state index contributed by atoms with van der Waals surface area (Å²) >= 11 is 0. The first kappa shape index (κ1) is 24.6. The quantitative estimate of drug-likeness (QED) is 0.216. The van der Waals surface area contributed by atoms with E-state index in [0.29, 0.717) is 0 Å². The highest BCUT2D eigenvalue weighted by Gasteiger charge is 2.44. The third-order valence-corrected chi connectivity index (χ3v) is 7.65. The van der Waals surface area contributed by atoms with Crippen molar-refractivity contribution in [3.05, 3.63) is 192 Å². The van der Waals surface area contributed by atoms with Gasteiger partial charge in [-0.25, -0.2) is 0 Å². The van der Waals surface area contributed by atoms with Crippen LogP contribution in [0.15, 0.2) is 170 Å². The molecule has 0 saturated heterocycles. The minimum atomic E-state index is -0.826. The van der Waals surface area contributed by atoms with Crippen LogP contribution in [-0.4, -0.2) is 5.11 Å². The van der Waals surface area contributed by atoms with E-state index in [1.54, 1.807) is 0 Å². The molecule has 1 N–H and O–H groups in total. The van der Waals surface area contributed by atoms with Crippen molar-refractivity contribution in [3.63, 3.8) is 0 Å². The van der Waals surface area contributed by atoms with Crippen LogP contribution in [0.3, 0.4) is 0 Å². The van der Waals surface area contributed by atoms with Gasteiger partial charge in [-0.15, -0.1) is 0 Å². The number of aliphatic hydroxyl groups is 1. The van der Waals surface area contributed by atoms with Crippen LogP contribution < -0.4 is 0 Å². The molecule has 0 bridgehead atoms. The highest BCUT2D eigenvalue weighted by atomic mass is 16.3. The molecule has 0 aliphatic rings. The molecule has 1 heteroatoms. The van der Waals surface area contributed by atoms with Crippen LogP contribution in [0.1, 0.15) is 28.4 Å². The molecule has 6 aromatic rings. The smallest absolute Gasteiger partial charge is 0.0968 e. The van der Waals surface area contributed by atoms with Gasteiger partial charge in [0.2, 0.25) is 0 Å². The summed E-state index contributed by atoms with van der Waals surface area (Å²) in [6, 6.07) is 58.6. The molecule has 0 spiro atoms. The maximum atomic E-state index is 12.4. The van der Waals surface area contributed by atoms with Crippen LogP contribution >= 0.6 is 0 Å². The Bertz CT molecular complexity index is 1520. The van der Waals surface area contributed by atoms with Crippen LogP contribution in [0.5, 0.6) is 0 Å². The van der Waals surface area contributed by atoms with Gasteiger partial charge in [0.25, 0.3) is 0 Å². The second-order valence-electron chi connectivity index (χ2n) is 9.87. The monoisotopic (exact) mass is 502 g/mol. The fourth-order valence-electron chi connectivity index (χ4n) is 5.67. The van der Waals surface area contributed by atoms with Crippen LogP contribution in [0.2, 0.25) is 0 Å². The van der Waals surface area contributed by atoms with Gasteiger partial charge in [-0.1, -0.05) is 170 Å². The zero-order valence-electron chi connectivity index (χ0n) is 21.7. The SMILES string of the molecule is O[C@H](c1ccccc1)C(c1ccccc1)(c1ccc(-c2ccccc2)cc1)c1ccc(-c2ccccc2)cc1. The van der Waals surface area contributed by atoms with Crippen LogP contribution in [-0.2, 0) is 5.41 Å². The summed E-state index contributed by atoms with van der Waals surface area (Å²) in [7, 11) is 0. The lowest BCUT2D eigenvalue weighted by Crippen LogP contribution is -2.36. The highest BCUT2D eigenvalue weighted by Crippen LogP contribution is 2.49. The fourth-order valence-corrected chi connectivity index (χ4v) is 5.67. The largest absolute Gasteiger partial charge is 0.387 e. The molecule has 0 saturated carbocycles. The van der Waals surface area contributed by atoms with E-state index in [0.717, 1.165) is 33.4 Å². The summed E-state index contributed by atoms with van der Waals surface area (Å²) in [6.45, 7) is 0. The molecule has 6 aromatic carbocycles. The summed E-state index contributed by atoms with van der Waals surface area (Å²) in [6.07, 6.45) is -0.814. The summed E-state index contributed by atoms with van der Waals surface area (Å²) in [4.78, 5) is 0. The van der Waals surface area contributed by atoms with Gasteiger partial charge in [0, 0.05) is 0 Å². The van der Waals surface area contributed by atoms with Gasteiger partial charge in [0.1, 0.15) is 0 Å². The molecule has 188 valence electrons. The second-order valence-corrected chi connectivity index (χ2v) is 9.87. The van der Waals surface area contributed by atoms with Crippen molar-refractivity contribution in [2.24, 2.45) is 0 Å². The second kappa shape index (κ2) is 10.9. The summed E-state index contributed by atoms with van der Waals surface area (Å²) in [5.41, 5.74) is 7.81. The van der Waals surface area contributed by atoms with Crippen molar-refractivity contribution in [3.8, 4) is 22.3 Å². The number of rotatable bonds is 7. The van der Waals surface area contributed by atoms with Crippen molar-refractivity contribution < 1.29 is 5.11 Å². The first-order valence-electron chi connectivity index (χ1n) is 13.4. The van der Waals surface area contributed by atoms with Crippen LogP contribution in [0, 0.1) is 0 Å². The molecule has 1 nitrogen and oxygen atoms in total. The molecule has 0 aromatic heterocycles. The first-order valence-corrected chi connectivity index (χ1v) is 13.4. The molecule has 0 radical (unpaired) electrons. The normalized spacial score (nSPS) is 12.1. The Kier molecular flexibility index (Phi) is 6.91. The van der Waals surface area contributed by atoms with E-state index in [1.807, 2.05) is 48.5 Å². The third kappa shape index (κ3) is 4.69. The molecule has 0 aliphatic heterocycles. The zero-order chi connectivity index (χ0) is 26.5. The topological polar surface area (TPSA) is 20.2 Å². The molecule has 0 unspecified atom stereocenters. The van der Waals surface area contributed by atoms with Gasteiger partial charge >= 0.3 is 0 Å². The minimum Gasteiger partial charge on any atom is -0.387 e. The Labute approximate surface area is 230 Å². The standard InChI is InChI=1S/C38H30O/c39-37(33-17-9-3-10-18-33)38(34-19-11-4-12-20-34,35-25-21-31(22-26-35)29-13-5-1-6-14-29)36-27-23-32(24-28-36)30-15-7-2-8-16-30/h1-28,37,39H/t37-/m1/s1. The Morgan fingerprint density at radius 1 is 0.333 bits per heavy atom. The van der Waals surface area contributed by atoms with Gasteiger partial charge in [-0.2, -0.15) is 0 Å². The Balaban J connectivity index is 1.57. The average molecular weight is 503 g/mol. The predicted octanol–water partition coefficient (Wildman–Crippen LogP) is 9.09. The molecule has 1 atom stereocenters. The van der Waals surface area contributed by atoms with Crippen molar-refractivity contribution in [2.45, 2.75) is 11.5 Å². The van der Waals surface area contributed by atoms with Gasteiger partial charge < -0.3 is 5.11 Å². The highest BCUT2D eigenvalue weighted by molar-refractivity contribution is 5.67. The first-order chi connectivity index (χ1) is 19.3. The van der Waals surface area contributed by atoms with Crippen LogP contribution in [0.4, 0.5) is 0 Å². The fraction of sp³-hybridized carbons (Fsp3) is 0.0526. The van der Waals surface area contributed by atoms with Gasteiger partial charge in [-0.3, -0.25) is 0 Å². The molecule has 0 fully saturated rings. The number of hydrogen-bond donors (Lipinski definition) is 1. The van der Waals surface area contributed by atoms with E-state index in [1.165, 1.54) is 11.1 Å². The van der Waals surface area contributed by atoms with E-state index in [4.69, 9.17) is 0 Å². The molecular formula is C38H30O. The molecule has 39 heavy (non-hydrogen) atoms. The summed E-state index contributed by atoms with van der Waals surface area (Å²) in [5, 5.41) is 12.4. The van der Waals surface area contributed by atoms with Crippen molar-refractivity contribution in [2.75, 3.05) is 0 Å². The van der Waals surface area contributed by atoms with E-state index >= 15 is 0 Å². The third-order valence-electron chi connectivity index (χ3n) is 7.65. The lowest BCUT2D eigenvalue weighted by Gasteiger charge is -2.40. The van der Waals surface area contributed by atoms with Gasteiger partial charge in [0.15, 0.2) is 0 Å². The van der Waals surface area contributed by atoms with Gasteiger partial charge in [0.05, 0.1) is 11.5 Å². The Hall–Kier alpha value is -4.72. The zero-order valence-corrected chi connectivity index (χ0v) is 21.7. The Morgan fingerprint density at radius 2 is 0.641 bits per heavy atom. The molecular weight excluding hydrogens is 472 g/mol. The lowest BCUT2D eigenvalue weighted by atomic mass is 9.64. The number of benzene rings is 6. The Morgan fingerprint density at radius 3 is 1.05 bits per heavy atom. The molecule has 0 heterocycles. The molecule has 0 aliphatic carbocycles. The maximum Gasteiger partial charge on any atom is 0.0968 e. The summed E-state index contributed by atoms with van der Waals surface area (Å²) < 4.78 is 0.